The fourth-order valence-corrected chi connectivity index (χ4v) is 5.94. The van der Waals surface area contributed by atoms with E-state index in [1.54, 1.807) is 0 Å². The second-order valence-electron chi connectivity index (χ2n) is 8.54. The number of amides is 2. The Hall–Kier alpha value is -1.92. The van der Waals surface area contributed by atoms with E-state index in [9.17, 15) is 9.59 Å². The summed E-state index contributed by atoms with van der Waals surface area (Å²) in [7, 11) is 0. The van der Waals surface area contributed by atoms with Crippen LogP contribution in [-0.2, 0) is 19.9 Å². The van der Waals surface area contributed by atoms with Crippen LogP contribution in [0.15, 0.2) is 24.3 Å². The SMILES string of the molecule is C[C@@H]1CN(C(=O)[C@@H]2C[C@H]3CCCN3[C@]23C(=O)Nc2ccccc23)C[C@H](C)O1. The van der Waals surface area contributed by atoms with E-state index in [1.807, 2.05) is 43.0 Å². The van der Waals surface area contributed by atoms with E-state index in [0.717, 1.165) is 37.1 Å². The monoisotopic (exact) mass is 369 g/mol. The van der Waals surface area contributed by atoms with E-state index < -0.39 is 5.54 Å². The molecule has 0 unspecified atom stereocenters. The van der Waals surface area contributed by atoms with Crippen molar-refractivity contribution in [3.8, 4) is 0 Å². The van der Waals surface area contributed by atoms with Crippen LogP contribution in [0.25, 0.3) is 0 Å². The Morgan fingerprint density at radius 2 is 1.96 bits per heavy atom. The first-order chi connectivity index (χ1) is 13.0. The van der Waals surface area contributed by atoms with Gasteiger partial charge in [-0.1, -0.05) is 18.2 Å². The Bertz CT molecular complexity index is 787. The third-order valence-corrected chi connectivity index (χ3v) is 6.80. The van der Waals surface area contributed by atoms with Gasteiger partial charge < -0.3 is 15.0 Å². The van der Waals surface area contributed by atoms with Gasteiger partial charge in [0.05, 0.1) is 18.1 Å². The van der Waals surface area contributed by atoms with Gasteiger partial charge in [0, 0.05) is 30.4 Å². The summed E-state index contributed by atoms with van der Waals surface area (Å²) < 4.78 is 5.81. The Balaban J connectivity index is 1.58. The second kappa shape index (κ2) is 6.04. The summed E-state index contributed by atoms with van der Waals surface area (Å²) in [6.07, 6.45) is 2.98. The second-order valence-corrected chi connectivity index (χ2v) is 8.54. The molecule has 1 aromatic carbocycles. The molecule has 4 aliphatic rings. The molecule has 3 fully saturated rings. The maximum atomic E-state index is 13.7. The highest BCUT2D eigenvalue weighted by molar-refractivity contribution is 6.09. The van der Waals surface area contributed by atoms with Crippen molar-refractivity contribution in [1.29, 1.82) is 0 Å². The fraction of sp³-hybridized carbons (Fsp3) is 0.619. The highest BCUT2D eigenvalue weighted by Crippen LogP contribution is 2.55. The van der Waals surface area contributed by atoms with Gasteiger partial charge >= 0.3 is 0 Å². The van der Waals surface area contributed by atoms with E-state index in [0.29, 0.717) is 19.1 Å². The molecule has 1 aromatic rings. The lowest BCUT2D eigenvalue weighted by molar-refractivity contribution is -0.153. The summed E-state index contributed by atoms with van der Waals surface area (Å²) >= 11 is 0. The zero-order chi connectivity index (χ0) is 18.8. The normalized spacial score (nSPS) is 38.1. The Morgan fingerprint density at radius 3 is 2.74 bits per heavy atom. The number of rotatable bonds is 1. The Labute approximate surface area is 159 Å². The first-order valence-corrected chi connectivity index (χ1v) is 10.1. The summed E-state index contributed by atoms with van der Waals surface area (Å²) in [4.78, 5) is 31.3. The molecule has 5 atom stereocenters. The Morgan fingerprint density at radius 1 is 1.22 bits per heavy atom. The number of ether oxygens (including phenoxy) is 1. The molecule has 27 heavy (non-hydrogen) atoms. The van der Waals surface area contributed by atoms with Gasteiger partial charge in [-0.3, -0.25) is 14.5 Å². The van der Waals surface area contributed by atoms with E-state index in [2.05, 4.69) is 10.2 Å². The third kappa shape index (κ3) is 2.32. The molecule has 0 saturated carbocycles. The van der Waals surface area contributed by atoms with E-state index in [1.165, 1.54) is 0 Å². The maximum absolute atomic E-state index is 13.7. The average molecular weight is 369 g/mol. The lowest BCUT2D eigenvalue weighted by atomic mass is 9.78. The number of hydrogen-bond acceptors (Lipinski definition) is 4. The number of morpholine rings is 1. The maximum Gasteiger partial charge on any atom is 0.250 e. The zero-order valence-electron chi connectivity index (χ0n) is 16.0. The van der Waals surface area contributed by atoms with Crippen LogP contribution in [0.3, 0.4) is 0 Å². The topological polar surface area (TPSA) is 61.9 Å². The molecule has 6 heteroatoms. The summed E-state index contributed by atoms with van der Waals surface area (Å²) in [5, 5.41) is 3.07. The van der Waals surface area contributed by atoms with Crippen molar-refractivity contribution in [3.63, 3.8) is 0 Å². The Kier molecular flexibility index (Phi) is 3.85. The molecule has 4 heterocycles. The number of benzene rings is 1. The lowest BCUT2D eigenvalue weighted by Gasteiger charge is -2.41. The average Bonchev–Trinajstić information content (AvgIpc) is 3.28. The van der Waals surface area contributed by atoms with Crippen LogP contribution in [0, 0.1) is 5.92 Å². The van der Waals surface area contributed by atoms with Gasteiger partial charge in [0.2, 0.25) is 11.8 Å². The molecule has 0 radical (unpaired) electrons. The van der Waals surface area contributed by atoms with Crippen LogP contribution in [-0.4, -0.2) is 59.5 Å². The molecule has 1 spiro atoms. The minimum absolute atomic E-state index is 0.0270. The molecule has 1 N–H and O–H groups in total. The number of nitrogens with zero attached hydrogens (tertiary/aromatic N) is 2. The number of para-hydroxylation sites is 1. The van der Waals surface area contributed by atoms with Crippen molar-refractivity contribution in [1.82, 2.24) is 9.80 Å². The standard InChI is InChI=1S/C21H27N3O3/c1-13-11-23(12-14(2)27-13)19(25)17-10-15-6-5-9-24(15)21(17)16-7-3-4-8-18(16)22-20(21)26/h3-4,7-8,13-15,17H,5-6,9-12H2,1-2H3,(H,22,26)/t13-,14+,15-,17+,21+/m1/s1. The van der Waals surface area contributed by atoms with Crippen LogP contribution in [0.5, 0.6) is 0 Å². The summed E-state index contributed by atoms with van der Waals surface area (Å²) in [5.41, 5.74) is 0.989. The molecule has 5 rings (SSSR count). The molecule has 0 aliphatic carbocycles. The van der Waals surface area contributed by atoms with Crippen molar-refractivity contribution in [3.05, 3.63) is 29.8 Å². The minimum atomic E-state index is -0.848. The summed E-state index contributed by atoms with van der Waals surface area (Å²) in [6.45, 7) is 6.10. The summed E-state index contributed by atoms with van der Waals surface area (Å²) in [6, 6.07) is 8.21. The fourth-order valence-electron chi connectivity index (χ4n) is 5.94. The van der Waals surface area contributed by atoms with Crippen molar-refractivity contribution in [2.75, 3.05) is 25.0 Å². The van der Waals surface area contributed by atoms with Crippen LogP contribution >= 0.6 is 0 Å². The highest BCUT2D eigenvalue weighted by Gasteiger charge is 2.65. The highest BCUT2D eigenvalue weighted by atomic mass is 16.5. The van der Waals surface area contributed by atoms with Crippen molar-refractivity contribution in [2.24, 2.45) is 5.92 Å². The number of fused-ring (bicyclic) bond motifs is 4. The molecule has 4 aliphatic heterocycles. The largest absolute Gasteiger partial charge is 0.372 e. The minimum Gasteiger partial charge on any atom is -0.372 e. The first kappa shape index (κ1) is 17.2. The number of hydrogen-bond donors (Lipinski definition) is 1. The number of carbonyl (C=O) groups is 2. The number of nitrogens with one attached hydrogen (secondary N) is 1. The van der Waals surface area contributed by atoms with E-state index in [-0.39, 0.29) is 29.9 Å². The van der Waals surface area contributed by atoms with Crippen LogP contribution in [0.4, 0.5) is 5.69 Å². The predicted octanol–water partition coefficient (Wildman–Crippen LogP) is 1.95. The molecule has 144 valence electrons. The zero-order valence-corrected chi connectivity index (χ0v) is 16.0. The molecule has 0 bridgehead atoms. The smallest absolute Gasteiger partial charge is 0.250 e. The molecular formula is C21H27N3O3. The molecule has 6 nitrogen and oxygen atoms in total. The van der Waals surface area contributed by atoms with Crippen LogP contribution < -0.4 is 5.32 Å². The van der Waals surface area contributed by atoms with Crippen molar-refractivity contribution >= 4 is 17.5 Å². The third-order valence-electron chi connectivity index (χ3n) is 6.80. The van der Waals surface area contributed by atoms with Gasteiger partial charge in [-0.05, 0) is 45.7 Å². The van der Waals surface area contributed by atoms with E-state index >= 15 is 0 Å². The molecular weight excluding hydrogens is 342 g/mol. The van der Waals surface area contributed by atoms with Crippen molar-refractivity contribution in [2.45, 2.75) is 56.9 Å². The van der Waals surface area contributed by atoms with Gasteiger partial charge in [0.15, 0.2) is 0 Å². The van der Waals surface area contributed by atoms with Gasteiger partial charge in [0.25, 0.3) is 0 Å². The van der Waals surface area contributed by atoms with Gasteiger partial charge in [-0.2, -0.15) is 0 Å². The quantitative estimate of drug-likeness (QED) is 0.822. The van der Waals surface area contributed by atoms with Gasteiger partial charge in [-0.25, -0.2) is 0 Å². The molecule has 2 amide bonds. The van der Waals surface area contributed by atoms with Crippen molar-refractivity contribution < 1.29 is 14.3 Å². The lowest BCUT2D eigenvalue weighted by Crippen LogP contribution is -2.57. The number of anilines is 1. The van der Waals surface area contributed by atoms with Crippen LogP contribution in [0.1, 0.15) is 38.7 Å². The predicted molar refractivity (Wildman–Crippen MR) is 101 cm³/mol. The van der Waals surface area contributed by atoms with Gasteiger partial charge in [0.1, 0.15) is 5.54 Å². The van der Waals surface area contributed by atoms with Crippen LogP contribution in [0.2, 0.25) is 0 Å². The first-order valence-electron chi connectivity index (χ1n) is 10.1. The molecule has 0 aromatic heterocycles. The summed E-state index contributed by atoms with van der Waals surface area (Å²) in [5.74, 6) is -0.247. The van der Waals surface area contributed by atoms with E-state index in [4.69, 9.17) is 4.74 Å². The molecule has 3 saturated heterocycles. The number of carbonyl (C=O) groups excluding carboxylic acids is 2. The van der Waals surface area contributed by atoms with Gasteiger partial charge in [-0.15, -0.1) is 0 Å².